The first-order valence-electron chi connectivity index (χ1n) is 5.94. The number of aryl methyl sites for hydroxylation is 3. The molecule has 0 aliphatic carbocycles. The molecule has 0 unspecified atom stereocenters. The van der Waals surface area contributed by atoms with Crippen molar-refractivity contribution in [1.82, 2.24) is 19.7 Å². The van der Waals surface area contributed by atoms with Crippen molar-refractivity contribution in [2.75, 3.05) is 5.73 Å². The Labute approximate surface area is 117 Å². The maximum absolute atomic E-state index is 12.3. The molecule has 0 aliphatic heterocycles. The van der Waals surface area contributed by atoms with Crippen LogP contribution in [0.25, 0.3) is 0 Å². The lowest BCUT2D eigenvalue weighted by Crippen LogP contribution is -2.25. The normalized spacial score (nSPS) is 12.0. The molecule has 8 nitrogen and oxygen atoms in total. The number of hydrogen-bond donors (Lipinski definition) is 2. The number of nitrogens with one attached hydrogen (secondary N) is 1. The highest BCUT2D eigenvalue weighted by Gasteiger charge is 2.25. The first kappa shape index (κ1) is 14.5. The van der Waals surface area contributed by atoms with Gasteiger partial charge in [0.2, 0.25) is 10.0 Å². The van der Waals surface area contributed by atoms with E-state index in [4.69, 9.17) is 10.3 Å². The van der Waals surface area contributed by atoms with Crippen molar-refractivity contribution in [2.45, 2.75) is 32.2 Å². The van der Waals surface area contributed by atoms with Crippen molar-refractivity contribution in [3.05, 3.63) is 22.7 Å². The summed E-state index contributed by atoms with van der Waals surface area (Å²) in [4.78, 5) is 0.00626. The van der Waals surface area contributed by atoms with Crippen LogP contribution in [0.2, 0.25) is 0 Å². The molecular weight excluding hydrogens is 282 g/mol. The van der Waals surface area contributed by atoms with Crippen molar-refractivity contribution in [1.29, 1.82) is 0 Å². The topological polar surface area (TPSA) is 116 Å². The molecule has 0 radical (unpaired) electrons. The Balaban J connectivity index is 2.29. The molecule has 0 amide bonds. The Morgan fingerprint density at radius 3 is 2.45 bits per heavy atom. The Morgan fingerprint density at radius 1 is 1.35 bits per heavy atom. The van der Waals surface area contributed by atoms with Gasteiger partial charge in [-0.2, -0.15) is 5.10 Å². The van der Waals surface area contributed by atoms with Crippen LogP contribution in [0.5, 0.6) is 0 Å². The molecule has 0 atom stereocenters. The second-order valence-electron chi connectivity index (χ2n) is 4.55. The van der Waals surface area contributed by atoms with Crippen LogP contribution in [-0.4, -0.2) is 23.4 Å². The third-order valence-corrected chi connectivity index (χ3v) is 4.76. The van der Waals surface area contributed by atoms with Gasteiger partial charge in [-0.1, -0.05) is 5.16 Å². The minimum Gasteiger partial charge on any atom is -0.381 e. The summed E-state index contributed by atoms with van der Waals surface area (Å²) < 4.78 is 33.5. The molecule has 9 heteroatoms. The number of hydrogen-bond acceptors (Lipinski definition) is 6. The predicted octanol–water partition coefficient (Wildman–Crippen LogP) is 0.394. The molecule has 0 saturated carbocycles. The molecule has 20 heavy (non-hydrogen) atoms. The monoisotopic (exact) mass is 299 g/mol. The summed E-state index contributed by atoms with van der Waals surface area (Å²) in [6, 6.07) is 0. The Bertz CT molecular complexity index is 725. The summed E-state index contributed by atoms with van der Waals surface area (Å²) in [5, 5.41) is 7.68. The SMILES string of the molecule is Cc1noc(C)c1CNS(=O)(=O)c1c(N)nn(C)c1C. The van der Waals surface area contributed by atoms with Gasteiger partial charge >= 0.3 is 0 Å². The van der Waals surface area contributed by atoms with Crippen molar-refractivity contribution < 1.29 is 12.9 Å². The highest BCUT2D eigenvalue weighted by Crippen LogP contribution is 2.21. The minimum absolute atomic E-state index is 0.00626. The van der Waals surface area contributed by atoms with Crippen LogP contribution in [0.1, 0.15) is 22.7 Å². The summed E-state index contributed by atoms with van der Waals surface area (Å²) in [6.07, 6.45) is 0. The summed E-state index contributed by atoms with van der Waals surface area (Å²) in [5.74, 6) is 0.567. The third-order valence-electron chi connectivity index (χ3n) is 3.19. The largest absolute Gasteiger partial charge is 0.381 e. The smallest absolute Gasteiger partial charge is 0.246 e. The molecule has 2 rings (SSSR count). The maximum atomic E-state index is 12.3. The highest BCUT2D eigenvalue weighted by atomic mass is 32.2. The average molecular weight is 299 g/mol. The van der Waals surface area contributed by atoms with Gasteiger partial charge in [0.25, 0.3) is 0 Å². The van der Waals surface area contributed by atoms with Crippen LogP contribution in [-0.2, 0) is 23.6 Å². The fourth-order valence-corrected chi connectivity index (χ4v) is 3.26. The van der Waals surface area contributed by atoms with E-state index in [1.165, 1.54) is 4.68 Å². The Kier molecular flexibility index (Phi) is 3.57. The van der Waals surface area contributed by atoms with E-state index in [9.17, 15) is 8.42 Å². The maximum Gasteiger partial charge on any atom is 0.246 e. The molecule has 2 aromatic rings. The molecule has 0 spiro atoms. The van der Waals surface area contributed by atoms with Crippen LogP contribution < -0.4 is 10.5 Å². The number of nitrogens with zero attached hydrogens (tertiary/aromatic N) is 3. The lowest BCUT2D eigenvalue weighted by Gasteiger charge is -2.06. The van der Waals surface area contributed by atoms with E-state index in [-0.39, 0.29) is 17.3 Å². The van der Waals surface area contributed by atoms with Crippen molar-refractivity contribution in [2.24, 2.45) is 7.05 Å². The van der Waals surface area contributed by atoms with Crippen LogP contribution in [0.4, 0.5) is 5.82 Å². The summed E-state index contributed by atoms with van der Waals surface area (Å²) in [5.41, 5.74) is 7.51. The van der Waals surface area contributed by atoms with Crippen LogP contribution in [0.3, 0.4) is 0 Å². The number of nitrogens with two attached hydrogens (primary N) is 1. The van der Waals surface area contributed by atoms with Gasteiger partial charge in [0.15, 0.2) is 5.82 Å². The molecule has 3 N–H and O–H groups in total. The van der Waals surface area contributed by atoms with Gasteiger partial charge in [-0.3, -0.25) is 4.68 Å². The fourth-order valence-electron chi connectivity index (χ4n) is 1.94. The zero-order chi connectivity index (χ0) is 15.1. The Hall–Kier alpha value is -1.87. The van der Waals surface area contributed by atoms with E-state index >= 15 is 0 Å². The molecule has 0 fully saturated rings. The summed E-state index contributed by atoms with van der Waals surface area (Å²) >= 11 is 0. The highest BCUT2D eigenvalue weighted by molar-refractivity contribution is 7.89. The first-order chi connectivity index (χ1) is 9.24. The number of aromatic nitrogens is 3. The summed E-state index contributed by atoms with van der Waals surface area (Å²) in [7, 11) is -2.10. The molecule has 0 bridgehead atoms. The van der Waals surface area contributed by atoms with Gasteiger partial charge in [-0.25, -0.2) is 13.1 Å². The third kappa shape index (κ3) is 2.41. The predicted molar refractivity (Wildman–Crippen MR) is 72.4 cm³/mol. The van der Waals surface area contributed by atoms with E-state index in [0.717, 1.165) is 0 Å². The molecule has 2 aromatic heterocycles. The van der Waals surface area contributed by atoms with Gasteiger partial charge in [0.1, 0.15) is 10.7 Å². The molecule has 110 valence electrons. The molecule has 2 heterocycles. The standard InChI is InChI=1S/C11H17N5O3S/c1-6-9(8(3)19-15-6)5-13-20(17,18)10-7(2)16(4)14-11(10)12/h13H,5H2,1-4H3,(H2,12,14). The molecule has 0 aliphatic rings. The second kappa shape index (κ2) is 4.91. The van der Waals surface area contributed by atoms with Crippen molar-refractivity contribution in [3.8, 4) is 0 Å². The van der Waals surface area contributed by atoms with Crippen LogP contribution in [0, 0.1) is 20.8 Å². The van der Waals surface area contributed by atoms with E-state index in [0.29, 0.717) is 22.7 Å². The summed E-state index contributed by atoms with van der Waals surface area (Å²) in [6.45, 7) is 5.22. The van der Waals surface area contributed by atoms with Gasteiger partial charge in [0.05, 0.1) is 11.4 Å². The van der Waals surface area contributed by atoms with Gasteiger partial charge in [0, 0.05) is 19.2 Å². The van der Waals surface area contributed by atoms with E-state index in [2.05, 4.69) is 15.0 Å². The van der Waals surface area contributed by atoms with E-state index in [1.807, 2.05) is 0 Å². The lowest BCUT2D eigenvalue weighted by atomic mass is 10.2. The Morgan fingerprint density at radius 2 is 2.00 bits per heavy atom. The second-order valence-corrected chi connectivity index (χ2v) is 6.25. The lowest BCUT2D eigenvalue weighted by molar-refractivity contribution is 0.392. The van der Waals surface area contributed by atoms with Gasteiger partial charge in [-0.15, -0.1) is 0 Å². The fraction of sp³-hybridized carbons (Fsp3) is 0.455. The number of sulfonamides is 1. The zero-order valence-electron chi connectivity index (χ0n) is 11.8. The molecule has 0 saturated heterocycles. The van der Waals surface area contributed by atoms with E-state index < -0.39 is 10.0 Å². The van der Waals surface area contributed by atoms with Crippen LogP contribution >= 0.6 is 0 Å². The number of anilines is 1. The van der Waals surface area contributed by atoms with Gasteiger partial charge < -0.3 is 10.3 Å². The molecular formula is C11H17N5O3S. The van der Waals surface area contributed by atoms with Gasteiger partial charge in [-0.05, 0) is 20.8 Å². The zero-order valence-corrected chi connectivity index (χ0v) is 12.6. The van der Waals surface area contributed by atoms with Crippen molar-refractivity contribution >= 4 is 15.8 Å². The number of rotatable bonds is 4. The number of nitrogen functional groups attached to an aromatic ring is 1. The van der Waals surface area contributed by atoms with E-state index in [1.54, 1.807) is 27.8 Å². The molecule has 0 aromatic carbocycles. The quantitative estimate of drug-likeness (QED) is 0.843. The minimum atomic E-state index is -3.74. The van der Waals surface area contributed by atoms with Crippen LogP contribution in [0.15, 0.2) is 9.42 Å². The van der Waals surface area contributed by atoms with Crippen molar-refractivity contribution in [3.63, 3.8) is 0 Å². The average Bonchev–Trinajstić information content (AvgIpc) is 2.78. The first-order valence-corrected chi connectivity index (χ1v) is 7.43.